The van der Waals surface area contributed by atoms with Crippen LogP contribution in [0.4, 0.5) is 10.5 Å². The molecule has 0 bridgehead atoms. The fourth-order valence-corrected chi connectivity index (χ4v) is 3.77. The molecule has 132 valence electrons. The molecular weight excluding hydrogens is 312 g/mol. The lowest BCUT2D eigenvalue weighted by atomic mass is 9.98. The van der Waals surface area contributed by atoms with E-state index in [2.05, 4.69) is 21.8 Å². The van der Waals surface area contributed by atoms with Gasteiger partial charge in [0.25, 0.3) is 0 Å². The average Bonchev–Trinajstić information content (AvgIpc) is 3.41. The highest BCUT2D eigenvalue weighted by molar-refractivity contribution is 5.89. The number of anilines is 1. The van der Waals surface area contributed by atoms with Gasteiger partial charge >= 0.3 is 6.03 Å². The summed E-state index contributed by atoms with van der Waals surface area (Å²) in [4.78, 5) is 19.1. The van der Waals surface area contributed by atoms with Crippen molar-refractivity contribution in [1.29, 1.82) is 0 Å². The highest BCUT2D eigenvalue weighted by Gasteiger charge is 2.30. The van der Waals surface area contributed by atoms with E-state index >= 15 is 0 Å². The third-order valence-electron chi connectivity index (χ3n) is 5.30. The predicted molar refractivity (Wildman–Crippen MR) is 98.7 cm³/mol. The molecule has 1 aliphatic heterocycles. The Balaban J connectivity index is 1.39. The van der Waals surface area contributed by atoms with Crippen molar-refractivity contribution >= 4 is 11.7 Å². The zero-order chi connectivity index (χ0) is 17.2. The number of nitrogens with one attached hydrogen (secondary N) is 1. The van der Waals surface area contributed by atoms with Crippen LogP contribution in [-0.4, -0.2) is 33.6 Å². The Labute approximate surface area is 149 Å². The summed E-state index contributed by atoms with van der Waals surface area (Å²) in [6.45, 7) is 4.78. The number of para-hydroxylation sites is 1. The van der Waals surface area contributed by atoms with Gasteiger partial charge in [-0.3, -0.25) is 0 Å². The van der Waals surface area contributed by atoms with Gasteiger partial charge in [-0.25, -0.2) is 9.78 Å². The van der Waals surface area contributed by atoms with Crippen LogP contribution in [0.5, 0.6) is 0 Å². The number of likely N-dealkylation sites (tertiary alicyclic amines) is 1. The van der Waals surface area contributed by atoms with Crippen molar-refractivity contribution in [3.63, 3.8) is 0 Å². The number of carbonyl (C=O) groups is 1. The molecule has 2 heterocycles. The maximum Gasteiger partial charge on any atom is 0.321 e. The van der Waals surface area contributed by atoms with E-state index in [1.54, 1.807) is 0 Å². The number of aromatic nitrogens is 2. The smallest absolute Gasteiger partial charge is 0.321 e. The Morgan fingerprint density at radius 1 is 1.24 bits per heavy atom. The van der Waals surface area contributed by atoms with Gasteiger partial charge in [-0.15, -0.1) is 0 Å². The Morgan fingerprint density at radius 3 is 2.80 bits per heavy atom. The van der Waals surface area contributed by atoms with Gasteiger partial charge in [0, 0.05) is 43.1 Å². The third-order valence-corrected chi connectivity index (χ3v) is 5.30. The molecule has 0 spiro atoms. The van der Waals surface area contributed by atoms with Gasteiger partial charge in [-0.1, -0.05) is 18.2 Å². The Bertz CT molecular complexity index is 735. The Morgan fingerprint density at radius 2 is 2.04 bits per heavy atom. The van der Waals surface area contributed by atoms with Crippen LogP contribution in [0.1, 0.15) is 43.1 Å². The molecule has 1 atom stereocenters. The highest BCUT2D eigenvalue weighted by Crippen LogP contribution is 2.40. The first-order chi connectivity index (χ1) is 12.2. The number of imidazole rings is 1. The molecular formula is C20H26N4O. The molecule has 2 fully saturated rings. The molecule has 1 aromatic carbocycles. The van der Waals surface area contributed by atoms with Crippen LogP contribution in [0.15, 0.2) is 36.5 Å². The molecule has 1 saturated carbocycles. The Kier molecular flexibility index (Phi) is 4.47. The normalized spacial score (nSPS) is 20.5. The number of hydrogen-bond acceptors (Lipinski definition) is 2. The molecule has 1 unspecified atom stereocenters. The van der Waals surface area contributed by atoms with Crippen molar-refractivity contribution < 1.29 is 4.79 Å². The summed E-state index contributed by atoms with van der Waals surface area (Å²) >= 11 is 0. The molecule has 1 saturated heterocycles. The van der Waals surface area contributed by atoms with Crippen molar-refractivity contribution in [2.45, 2.75) is 45.1 Å². The highest BCUT2D eigenvalue weighted by atomic mass is 16.2. The molecule has 5 nitrogen and oxygen atoms in total. The van der Waals surface area contributed by atoms with Crippen LogP contribution in [0.2, 0.25) is 0 Å². The maximum atomic E-state index is 12.6. The SMILES string of the molecule is Cc1cnc(C2CC2)n1CC1CCCN(C(=O)Nc2ccccc2)C1. The minimum Gasteiger partial charge on any atom is -0.332 e. The number of hydrogen-bond donors (Lipinski definition) is 1. The van der Waals surface area contributed by atoms with E-state index in [0.717, 1.165) is 31.7 Å². The summed E-state index contributed by atoms with van der Waals surface area (Å²) in [6.07, 6.45) is 6.78. The first kappa shape index (κ1) is 16.2. The number of rotatable bonds is 4. The van der Waals surface area contributed by atoms with Crippen molar-refractivity contribution in [3.05, 3.63) is 48.0 Å². The molecule has 2 aromatic rings. The monoisotopic (exact) mass is 338 g/mol. The molecule has 2 amide bonds. The van der Waals surface area contributed by atoms with Crippen LogP contribution >= 0.6 is 0 Å². The number of nitrogens with zero attached hydrogens (tertiary/aromatic N) is 3. The lowest BCUT2D eigenvalue weighted by Crippen LogP contribution is -2.43. The number of urea groups is 1. The summed E-state index contributed by atoms with van der Waals surface area (Å²) in [5.74, 6) is 2.42. The van der Waals surface area contributed by atoms with E-state index in [-0.39, 0.29) is 6.03 Å². The molecule has 0 radical (unpaired) electrons. The second-order valence-corrected chi connectivity index (χ2v) is 7.39. The van der Waals surface area contributed by atoms with Crippen LogP contribution in [0.3, 0.4) is 0 Å². The van der Waals surface area contributed by atoms with E-state index in [1.165, 1.54) is 30.8 Å². The van der Waals surface area contributed by atoms with Crippen molar-refractivity contribution in [2.24, 2.45) is 5.92 Å². The number of piperidine rings is 1. The van der Waals surface area contributed by atoms with E-state index in [1.807, 2.05) is 41.4 Å². The zero-order valence-corrected chi connectivity index (χ0v) is 14.8. The fourth-order valence-electron chi connectivity index (χ4n) is 3.77. The minimum atomic E-state index is 0.0145. The minimum absolute atomic E-state index is 0.0145. The number of carbonyl (C=O) groups excluding carboxylic acids is 1. The average molecular weight is 338 g/mol. The van der Waals surface area contributed by atoms with E-state index in [0.29, 0.717) is 11.8 Å². The van der Waals surface area contributed by atoms with E-state index in [9.17, 15) is 4.79 Å². The molecule has 1 aromatic heterocycles. The predicted octanol–water partition coefficient (Wildman–Crippen LogP) is 4.01. The van der Waals surface area contributed by atoms with Gasteiger partial charge in [0.1, 0.15) is 5.82 Å². The largest absolute Gasteiger partial charge is 0.332 e. The van der Waals surface area contributed by atoms with Crippen LogP contribution in [0, 0.1) is 12.8 Å². The molecule has 4 rings (SSSR count). The first-order valence-corrected chi connectivity index (χ1v) is 9.33. The van der Waals surface area contributed by atoms with Crippen molar-refractivity contribution in [2.75, 3.05) is 18.4 Å². The van der Waals surface area contributed by atoms with Crippen molar-refractivity contribution in [1.82, 2.24) is 14.5 Å². The van der Waals surface area contributed by atoms with Gasteiger partial charge in [0.2, 0.25) is 0 Å². The van der Waals surface area contributed by atoms with Gasteiger partial charge in [-0.05, 0) is 50.7 Å². The quantitative estimate of drug-likeness (QED) is 0.915. The van der Waals surface area contributed by atoms with E-state index in [4.69, 9.17) is 0 Å². The van der Waals surface area contributed by atoms with Crippen LogP contribution in [0.25, 0.3) is 0 Å². The maximum absolute atomic E-state index is 12.6. The molecule has 25 heavy (non-hydrogen) atoms. The molecule has 1 aliphatic carbocycles. The molecule has 5 heteroatoms. The summed E-state index contributed by atoms with van der Waals surface area (Å²) in [6, 6.07) is 9.70. The topological polar surface area (TPSA) is 50.2 Å². The summed E-state index contributed by atoms with van der Waals surface area (Å²) in [5.41, 5.74) is 2.10. The van der Waals surface area contributed by atoms with E-state index < -0.39 is 0 Å². The molecule has 1 N–H and O–H groups in total. The van der Waals surface area contributed by atoms with Crippen LogP contribution < -0.4 is 5.32 Å². The summed E-state index contributed by atoms with van der Waals surface area (Å²) < 4.78 is 2.39. The summed E-state index contributed by atoms with van der Waals surface area (Å²) in [7, 11) is 0. The lowest BCUT2D eigenvalue weighted by molar-refractivity contribution is 0.170. The van der Waals surface area contributed by atoms with Gasteiger partial charge < -0.3 is 14.8 Å². The lowest BCUT2D eigenvalue weighted by Gasteiger charge is -2.33. The number of aryl methyl sites for hydroxylation is 1. The number of amides is 2. The second kappa shape index (κ2) is 6.90. The Hall–Kier alpha value is -2.30. The summed E-state index contributed by atoms with van der Waals surface area (Å²) in [5, 5.41) is 3.01. The third kappa shape index (κ3) is 3.70. The standard InChI is InChI=1S/C20H26N4O/c1-15-12-21-19(17-9-10-17)24(15)14-16-6-5-11-23(13-16)20(25)22-18-7-3-2-4-8-18/h2-4,7-8,12,16-17H,5-6,9-11,13-14H2,1H3,(H,22,25). The van der Waals surface area contributed by atoms with Gasteiger partial charge in [0.15, 0.2) is 0 Å². The van der Waals surface area contributed by atoms with Crippen LogP contribution in [-0.2, 0) is 6.54 Å². The van der Waals surface area contributed by atoms with Crippen molar-refractivity contribution in [3.8, 4) is 0 Å². The zero-order valence-electron chi connectivity index (χ0n) is 14.8. The number of benzene rings is 1. The van der Waals surface area contributed by atoms with Gasteiger partial charge in [-0.2, -0.15) is 0 Å². The fraction of sp³-hybridized carbons (Fsp3) is 0.500. The molecule has 2 aliphatic rings. The van der Waals surface area contributed by atoms with Gasteiger partial charge in [0.05, 0.1) is 0 Å². The first-order valence-electron chi connectivity index (χ1n) is 9.33. The second-order valence-electron chi connectivity index (χ2n) is 7.39.